The van der Waals surface area contributed by atoms with Crippen LogP contribution in [-0.4, -0.2) is 48.1 Å². The molecule has 0 heterocycles. The van der Waals surface area contributed by atoms with Gasteiger partial charge in [-0.15, -0.1) is 0 Å². The highest BCUT2D eigenvalue weighted by Crippen LogP contribution is 2.05. The summed E-state index contributed by atoms with van der Waals surface area (Å²) in [7, 11) is 0. The van der Waals surface area contributed by atoms with E-state index in [-0.39, 0.29) is 25.0 Å². The van der Waals surface area contributed by atoms with Crippen LogP contribution in [0.15, 0.2) is 24.3 Å². The van der Waals surface area contributed by atoms with Gasteiger partial charge in [0.15, 0.2) is 0 Å². The lowest BCUT2D eigenvalue weighted by Gasteiger charge is -2.20. The second-order valence-electron chi connectivity index (χ2n) is 4.36. The SMILES string of the molecule is CCN(CCCO)C(=O)CNC(=O)c1ccc(N)cc1. The topological polar surface area (TPSA) is 95.7 Å². The van der Waals surface area contributed by atoms with Crippen LogP contribution in [0.3, 0.4) is 0 Å². The van der Waals surface area contributed by atoms with E-state index in [9.17, 15) is 9.59 Å². The fourth-order valence-corrected chi connectivity index (χ4v) is 1.72. The van der Waals surface area contributed by atoms with Gasteiger partial charge in [-0.25, -0.2) is 0 Å². The minimum Gasteiger partial charge on any atom is -0.399 e. The number of carbonyl (C=O) groups is 2. The van der Waals surface area contributed by atoms with Gasteiger partial charge in [-0.3, -0.25) is 9.59 Å². The first-order valence-electron chi connectivity index (χ1n) is 6.60. The zero-order valence-corrected chi connectivity index (χ0v) is 11.6. The second-order valence-corrected chi connectivity index (χ2v) is 4.36. The van der Waals surface area contributed by atoms with Crippen molar-refractivity contribution >= 4 is 17.5 Å². The van der Waals surface area contributed by atoms with Crippen molar-refractivity contribution in [1.29, 1.82) is 0 Å². The molecule has 0 aliphatic carbocycles. The van der Waals surface area contributed by atoms with Gasteiger partial charge in [0.1, 0.15) is 0 Å². The van der Waals surface area contributed by atoms with Crippen LogP contribution >= 0.6 is 0 Å². The number of rotatable bonds is 7. The smallest absolute Gasteiger partial charge is 0.251 e. The number of anilines is 1. The number of carbonyl (C=O) groups excluding carboxylic acids is 2. The third-order valence-corrected chi connectivity index (χ3v) is 2.89. The van der Waals surface area contributed by atoms with Crippen LogP contribution in [0.1, 0.15) is 23.7 Å². The molecule has 0 aromatic heterocycles. The number of benzene rings is 1. The van der Waals surface area contributed by atoms with Gasteiger partial charge in [0, 0.05) is 30.9 Å². The number of likely N-dealkylation sites (N-methyl/N-ethyl adjacent to an activating group) is 1. The van der Waals surface area contributed by atoms with Gasteiger partial charge in [-0.05, 0) is 37.6 Å². The molecule has 0 saturated heterocycles. The molecule has 0 unspecified atom stereocenters. The predicted octanol–water partition coefficient (Wildman–Crippen LogP) is 0.230. The zero-order valence-electron chi connectivity index (χ0n) is 11.6. The molecule has 0 aliphatic rings. The number of nitrogens with two attached hydrogens (primary N) is 1. The first-order valence-corrected chi connectivity index (χ1v) is 6.60. The molecule has 110 valence electrons. The third-order valence-electron chi connectivity index (χ3n) is 2.89. The summed E-state index contributed by atoms with van der Waals surface area (Å²) in [5.74, 6) is -0.471. The van der Waals surface area contributed by atoms with Crippen molar-refractivity contribution in [3.63, 3.8) is 0 Å². The molecule has 1 aromatic rings. The number of hydrogen-bond acceptors (Lipinski definition) is 4. The standard InChI is InChI=1S/C14H21N3O3/c1-2-17(8-3-9-18)13(19)10-16-14(20)11-4-6-12(15)7-5-11/h4-7,18H,2-3,8-10,15H2,1H3,(H,16,20). The highest BCUT2D eigenvalue weighted by atomic mass is 16.3. The predicted molar refractivity (Wildman–Crippen MR) is 77.1 cm³/mol. The Bertz CT molecular complexity index is 445. The summed E-state index contributed by atoms with van der Waals surface area (Å²) in [6.07, 6.45) is 0.533. The van der Waals surface area contributed by atoms with Crippen LogP contribution in [0.4, 0.5) is 5.69 Å². The fraction of sp³-hybridized carbons (Fsp3) is 0.429. The molecule has 1 aromatic carbocycles. The minimum atomic E-state index is -0.309. The van der Waals surface area contributed by atoms with Crippen molar-refractivity contribution < 1.29 is 14.7 Å². The van der Waals surface area contributed by atoms with Gasteiger partial charge in [-0.2, -0.15) is 0 Å². The molecule has 6 nitrogen and oxygen atoms in total. The maximum Gasteiger partial charge on any atom is 0.251 e. The van der Waals surface area contributed by atoms with Crippen LogP contribution in [0.25, 0.3) is 0 Å². The van der Waals surface area contributed by atoms with Gasteiger partial charge in [0.2, 0.25) is 5.91 Å². The van der Waals surface area contributed by atoms with E-state index < -0.39 is 0 Å². The molecule has 0 fully saturated rings. The highest BCUT2D eigenvalue weighted by molar-refractivity contribution is 5.96. The Morgan fingerprint density at radius 2 is 1.95 bits per heavy atom. The Morgan fingerprint density at radius 1 is 1.30 bits per heavy atom. The number of nitrogens with one attached hydrogen (secondary N) is 1. The van der Waals surface area contributed by atoms with Gasteiger partial charge < -0.3 is 21.1 Å². The monoisotopic (exact) mass is 279 g/mol. The zero-order chi connectivity index (χ0) is 15.0. The molecule has 0 spiro atoms. The molecular weight excluding hydrogens is 258 g/mol. The van der Waals surface area contributed by atoms with E-state index in [4.69, 9.17) is 10.8 Å². The Hall–Kier alpha value is -2.08. The van der Waals surface area contributed by atoms with Crippen LogP contribution in [-0.2, 0) is 4.79 Å². The number of nitrogen functional groups attached to an aromatic ring is 1. The lowest BCUT2D eigenvalue weighted by Crippen LogP contribution is -2.40. The molecule has 0 aliphatic heterocycles. The van der Waals surface area contributed by atoms with E-state index in [1.807, 2.05) is 6.92 Å². The first-order chi connectivity index (χ1) is 9.58. The van der Waals surface area contributed by atoms with Gasteiger partial charge in [-0.1, -0.05) is 0 Å². The number of nitrogens with zero attached hydrogens (tertiary/aromatic N) is 1. The summed E-state index contributed by atoms with van der Waals surface area (Å²) < 4.78 is 0. The van der Waals surface area contributed by atoms with E-state index in [0.29, 0.717) is 30.8 Å². The van der Waals surface area contributed by atoms with Crippen molar-refractivity contribution in [2.75, 3.05) is 32.0 Å². The molecule has 6 heteroatoms. The van der Waals surface area contributed by atoms with E-state index in [1.54, 1.807) is 29.2 Å². The van der Waals surface area contributed by atoms with Crippen molar-refractivity contribution in [3.8, 4) is 0 Å². The van der Waals surface area contributed by atoms with E-state index in [0.717, 1.165) is 0 Å². The minimum absolute atomic E-state index is 0.0432. The summed E-state index contributed by atoms with van der Waals surface area (Å²) in [5, 5.41) is 11.3. The van der Waals surface area contributed by atoms with Gasteiger partial charge in [0.05, 0.1) is 6.54 Å². The van der Waals surface area contributed by atoms with Crippen LogP contribution < -0.4 is 11.1 Å². The lowest BCUT2D eigenvalue weighted by atomic mass is 10.2. The Kier molecular flexibility index (Phi) is 6.52. The van der Waals surface area contributed by atoms with Gasteiger partial charge in [0.25, 0.3) is 5.91 Å². The fourth-order valence-electron chi connectivity index (χ4n) is 1.72. The average Bonchev–Trinajstić information content (AvgIpc) is 2.46. The van der Waals surface area contributed by atoms with Crippen molar-refractivity contribution in [2.45, 2.75) is 13.3 Å². The maximum atomic E-state index is 11.9. The largest absolute Gasteiger partial charge is 0.399 e. The van der Waals surface area contributed by atoms with Crippen LogP contribution in [0.2, 0.25) is 0 Å². The Morgan fingerprint density at radius 3 is 2.50 bits per heavy atom. The molecule has 2 amide bonds. The summed E-state index contributed by atoms with van der Waals surface area (Å²) in [6, 6.07) is 6.49. The van der Waals surface area contributed by atoms with Crippen molar-refractivity contribution in [1.82, 2.24) is 10.2 Å². The molecular formula is C14H21N3O3. The van der Waals surface area contributed by atoms with E-state index >= 15 is 0 Å². The van der Waals surface area contributed by atoms with E-state index in [2.05, 4.69) is 5.32 Å². The van der Waals surface area contributed by atoms with Crippen LogP contribution in [0.5, 0.6) is 0 Å². The van der Waals surface area contributed by atoms with Crippen molar-refractivity contribution in [3.05, 3.63) is 29.8 Å². The molecule has 0 saturated carbocycles. The normalized spacial score (nSPS) is 10.1. The molecule has 1 rings (SSSR count). The van der Waals surface area contributed by atoms with E-state index in [1.165, 1.54) is 0 Å². The number of aliphatic hydroxyl groups is 1. The molecule has 20 heavy (non-hydrogen) atoms. The highest BCUT2D eigenvalue weighted by Gasteiger charge is 2.13. The molecule has 0 atom stereocenters. The Balaban J connectivity index is 2.47. The first kappa shape index (κ1) is 16.0. The lowest BCUT2D eigenvalue weighted by molar-refractivity contribution is -0.130. The number of aliphatic hydroxyl groups excluding tert-OH is 1. The quantitative estimate of drug-likeness (QED) is 0.623. The summed E-state index contributed by atoms with van der Waals surface area (Å²) in [5.41, 5.74) is 6.59. The van der Waals surface area contributed by atoms with Crippen LogP contribution in [0, 0.1) is 0 Å². The molecule has 4 N–H and O–H groups in total. The number of amides is 2. The third kappa shape index (κ3) is 4.89. The summed E-state index contributed by atoms with van der Waals surface area (Å²) in [6.45, 7) is 2.89. The summed E-state index contributed by atoms with van der Waals surface area (Å²) in [4.78, 5) is 25.3. The molecule has 0 radical (unpaired) electrons. The maximum absolute atomic E-state index is 11.9. The average molecular weight is 279 g/mol. The summed E-state index contributed by atoms with van der Waals surface area (Å²) >= 11 is 0. The second kappa shape index (κ2) is 8.16. The number of hydrogen-bond donors (Lipinski definition) is 3. The van der Waals surface area contributed by atoms with Gasteiger partial charge >= 0.3 is 0 Å². The molecule has 0 bridgehead atoms. The Labute approximate surface area is 118 Å². The van der Waals surface area contributed by atoms with Crippen molar-refractivity contribution in [2.24, 2.45) is 0 Å².